The standard InChI is InChI=1S/C29H30Cl2N4OS/c1-5-19(4)22-11-6-8-12-25(22)32-27(36)17-37-29-34-33-28(23-15-14-20(30)16-24(23)31)35(29)26-13-9-7-10-21(26)18(2)3/h6-16,18-19H,5,17H2,1-4H3,(H,32,36). The van der Waals surface area contributed by atoms with Gasteiger partial charge in [0.25, 0.3) is 0 Å². The molecule has 4 aromatic rings. The molecule has 1 amide bonds. The lowest BCUT2D eigenvalue weighted by molar-refractivity contribution is -0.113. The Kier molecular flexibility index (Phi) is 8.95. The molecular weight excluding hydrogens is 523 g/mol. The molecule has 4 rings (SSSR count). The van der Waals surface area contributed by atoms with Crippen molar-refractivity contribution in [3.63, 3.8) is 0 Å². The molecule has 0 saturated carbocycles. The molecule has 1 unspecified atom stereocenters. The number of rotatable bonds is 9. The average molecular weight is 554 g/mol. The van der Waals surface area contributed by atoms with Gasteiger partial charge in [0.2, 0.25) is 5.91 Å². The highest BCUT2D eigenvalue weighted by Crippen LogP contribution is 2.36. The predicted molar refractivity (Wildman–Crippen MR) is 155 cm³/mol. The third-order valence-corrected chi connectivity index (χ3v) is 7.79. The Morgan fingerprint density at radius 1 is 0.973 bits per heavy atom. The Labute approximate surface area is 232 Å². The SMILES string of the molecule is CCC(C)c1ccccc1NC(=O)CSc1nnc(-c2ccc(Cl)cc2Cl)n1-c1ccccc1C(C)C. The molecule has 1 heterocycles. The smallest absolute Gasteiger partial charge is 0.234 e. The van der Waals surface area contributed by atoms with Crippen LogP contribution in [-0.2, 0) is 4.79 Å². The van der Waals surface area contributed by atoms with Gasteiger partial charge in [0.05, 0.1) is 16.5 Å². The summed E-state index contributed by atoms with van der Waals surface area (Å²) in [5.74, 6) is 1.31. The Morgan fingerprint density at radius 3 is 2.38 bits per heavy atom. The van der Waals surface area contributed by atoms with E-state index < -0.39 is 0 Å². The molecule has 5 nitrogen and oxygen atoms in total. The first-order valence-electron chi connectivity index (χ1n) is 12.3. The van der Waals surface area contributed by atoms with E-state index in [0.29, 0.717) is 26.9 Å². The van der Waals surface area contributed by atoms with E-state index in [1.165, 1.54) is 11.8 Å². The maximum absolute atomic E-state index is 13.0. The maximum atomic E-state index is 13.0. The Morgan fingerprint density at radius 2 is 1.68 bits per heavy atom. The normalized spacial score (nSPS) is 12.1. The molecule has 1 atom stereocenters. The van der Waals surface area contributed by atoms with E-state index in [1.54, 1.807) is 12.1 Å². The van der Waals surface area contributed by atoms with E-state index in [1.807, 2.05) is 47.0 Å². The van der Waals surface area contributed by atoms with Crippen LogP contribution in [0.3, 0.4) is 0 Å². The van der Waals surface area contributed by atoms with Crippen molar-refractivity contribution in [1.82, 2.24) is 14.8 Å². The highest BCUT2D eigenvalue weighted by atomic mass is 35.5. The zero-order valence-electron chi connectivity index (χ0n) is 21.3. The van der Waals surface area contributed by atoms with Crippen LogP contribution >= 0.6 is 35.0 Å². The van der Waals surface area contributed by atoms with Gasteiger partial charge in [-0.25, -0.2) is 0 Å². The quantitative estimate of drug-likeness (QED) is 0.211. The molecule has 0 aliphatic carbocycles. The summed E-state index contributed by atoms with van der Waals surface area (Å²) < 4.78 is 1.98. The summed E-state index contributed by atoms with van der Waals surface area (Å²) in [6.07, 6.45) is 0.996. The second-order valence-electron chi connectivity index (χ2n) is 9.21. The third-order valence-electron chi connectivity index (χ3n) is 6.32. The number of aromatic nitrogens is 3. The van der Waals surface area contributed by atoms with Gasteiger partial charge >= 0.3 is 0 Å². The minimum Gasteiger partial charge on any atom is -0.325 e. The first-order valence-corrected chi connectivity index (χ1v) is 14.1. The molecule has 0 aliphatic heterocycles. The van der Waals surface area contributed by atoms with Gasteiger partial charge in [0, 0.05) is 16.3 Å². The van der Waals surface area contributed by atoms with Gasteiger partial charge in [-0.15, -0.1) is 10.2 Å². The van der Waals surface area contributed by atoms with Crippen molar-refractivity contribution in [3.05, 3.63) is 87.9 Å². The first-order chi connectivity index (χ1) is 17.8. The fraction of sp³-hybridized carbons (Fsp3) is 0.276. The zero-order valence-corrected chi connectivity index (χ0v) is 23.7. The summed E-state index contributed by atoms with van der Waals surface area (Å²) in [5.41, 5.74) is 4.80. The number of nitrogens with one attached hydrogen (secondary N) is 1. The van der Waals surface area contributed by atoms with E-state index >= 15 is 0 Å². The monoisotopic (exact) mass is 552 g/mol. The summed E-state index contributed by atoms with van der Waals surface area (Å²) in [7, 11) is 0. The van der Waals surface area contributed by atoms with Crippen LogP contribution in [0, 0.1) is 0 Å². The van der Waals surface area contributed by atoms with Crippen molar-refractivity contribution in [3.8, 4) is 17.1 Å². The molecule has 0 aliphatic rings. The molecule has 8 heteroatoms. The van der Waals surface area contributed by atoms with Crippen molar-refractivity contribution < 1.29 is 4.79 Å². The van der Waals surface area contributed by atoms with Crippen LogP contribution in [0.2, 0.25) is 10.0 Å². The number of para-hydroxylation sites is 2. The van der Waals surface area contributed by atoms with E-state index in [4.69, 9.17) is 23.2 Å². The minimum absolute atomic E-state index is 0.0986. The highest BCUT2D eigenvalue weighted by Gasteiger charge is 2.22. The van der Waals surface area contributed by atoms with Crippen LogP contribution < -0.4 is 5.32 Å². The van der Waals surface area contributed by atoms with Crippen LogP contribution in [0.1, 0.15) is 57.1 Å². The van der Waals surface area contributed by atoms with Gasteiger partial charge in [-0.3, -0.25) is 9.36 Å². The molecule has 0 radical (unpaired) electrons. The van der Waals surface area contributed by atoms with E-state index in [2.05, 4.69) is 55.3 Å². The molecule has 37 heavy (non-hydrogen) atoms. The lowest BCUT2D eigenvalue weighted by Crippen LogP contribution is -2.16. The second kappa shape index (κ2) is 12.2. The van der Waals surface area contributed by atoms with E-state index in [9.17, 15) is 4.79 Å². The second-order valence-corrected chi connectivity index (χ2v) is 11.0. The van der Waals surface area contributed by atoms with Crippen molar-refractivity contribution in [2.45, 2.75) is 51.1 Å². The summed E-state index contributed by atoms with van der Waals surface area (Å²) in [6, 6.07) is 21.4. The number of benzene rings is 3. The first kappa shape index (κ1) is 27.2. The number of anilines is 1. The molecule has 3 aromatic carbocycles. The third kappa shape index (κ3) is 6.20. The summed E-state index contributed by atoms with van der Waals surface area (Å²) in [5, 5.41) is 13.7. The Balaban J connectivity index is 1.68. The van der Waals surface area contributed by atoms with Crippen molar-refractivity contribution in [2.24, 2.45) is 0 Å². The van der Waals surface area contributed by atoms with E-state index in [-0.39, 0.29) is 17.6 Å². The fourth-order valence-electron chi connectivity index (χ4n) is 4.18. The number of carbonyl (C=O) groups excluding carboxylic acids is 1. The predicted octanol–water partition coefficient (Wildman–Crippen LogP) is 8.61. The number of nitrogens with zero attached hydrogens (tertiary/aromatic N) is 3. The number of hydrogen-bond acceptors (Lipinski definition) is 4. The summed E-state index contributed by atoms with van der Waals surface area (Å²) in [4.78, 5) is 13.0. The minimum atomic E-state index is -0.0986. The maximum Gasteiger partial charge on any atom is 0.234 e. The summed E-state index contributed by atoms with van der Waals surface area (Å²) >= 11 is 14.1. The fourth-order valence-corrected chi connectivity index (χ4v) is 5.42. The number of thioether (sulfide) groups is 1. The zero-order chi connectivity index (χ0) is 26.5. The van der Waals surface area contributed by atoms with Gasteiger partial charge in [0.1, 0.15) is 0 Å². The molecule has 1 N–H and O–H groups in total. The molecular formula is C29H30Cl2N4OS. The molecule has 192 valence electrons. The number of carbonyl (C=O) groups is 1. The Hall–Kier alpha value is -2.80. The number of hydrogen-bond donors (Lipinski definition) is 1. The van der Waals surface area contributed by atoms with E-state index in [0.717, 1.165) is 34.5 Å². The van der Waals surface area contributed by atoms with Crippen molar-refractivity contribution >= 4 is 46.6 Å². The van der Waals surface area contributed by atoms with Gasteiger partial charge in [-0.05, 0) is 59.7 Å². The average Bonchev–Trinajstić information content (AvgIpc) is 3.30. The molecule has 0 spiro atoms. The lowest BCUT2D eigenvalue weighted by Gasteiger charge is -2.17. The van der Waals surface area contributed by atoms with Crippen LogP contribution in [0.5, 0.6) is 0 Å². The highest BCUT2D eigenvalue weighted by molar-refractivity contribution is 7.99. The van der Waals surface area contributed by atoms with Crippen molar-refractivity contribution in [2.75, 3.05) is 11.1 Å². The summed E-state index contributed by atoms with van der Waals surface area (Å²) in [6.45, 7) is 8.60. The molecule has 1 aromatic heterocycles. The van der Waals surface area contributed by atoms with Gasteiger partial charge in [-0.2, -0.15) is 0 Å². The van der Waals surface area contributed by atoms with Gasteiger partial charge in [0.15, 0.2) is 11.0 Å². The topological polar surface area (TPSA) is 59.8 Å². The van der Waals surface area contributed by atoms with Gasteiger partial charge < -0.3 is 5.32 Å². The van der Waals surface area contributed by atoms with Gasteiger partial charge in [-0.1, -0.05) is 99.1 Å². The van der Waals surface area contributed by atoms with Crippen molar-refractivity contribution in [1.29, 1.82) is 0 Å². The molecule has 0 fully saturated rings. The lowest BCUT2D eigenvalue weighted by atomic mass is 9.97. The van der Waals surface area contributed by atoms with Crippen LogP contribution in [0.15, 0.2) is 71.9 Å². The largest absolute Gasteiger partial charge is 0.325 e. The number of amides is 1. The molecule has 0 saturated heterocycles. The molecule has 0 bridgehead atoms. The van der Waals surface area contributed by atoms with Crippen LogP contribution in [0.25, 0.3) is 17.1 Å². The van der Waals surface area contributed by atoms with Crippen LogP contribution in [-0.4, -0.2) is 26.4 Å². The van der Waals surface area contributed by atoms with Crippen LogP contribution in [0.4, 0.5) is 5.69 Å². The Bertz CT molecular complexity index is 1400. The number of halogens is 2.